The van der Waals surface area contributed by atoms with Crippen LogP contribution in [0.4, 0.5) is 0 Å². The molecule has 2 saturated carbocycles. The Kier molecular flexibility index (Phi) is 5.48. The standard InChI is InChI=1S/C21H26ClN3O2/c1-2-9-25(20(26)12-16-11-14-7-8-15(16)10-14)13-19-23-24-21(27-19)17-5-3-4-6-18(17)22/h3-6,14-16H,2,7-13H2,1H3. The molecule has 3 unspecified atom stereocenters. The van der Waals surface area contributed by atoms with Crippen LogP contribution in [0.15, 0.2) is 28.7 Å². The Labute approximate surface area is 165 Å². The van der Waals surface area contributed by atoms with E-state index in [1.54, 1.807) is 6.07 Å². The molecule has 0 N–H and O–H groups in total. The molecule has 1 amide bonds. The molecule has 2 fully saturated rings. The van der Waals surface area contributed by atoms with Crippen LogP contribution in [-0.2, 0) is 11.3 Å². The number of aromatic nitrogens is 2. The Hall–Kier alpha value is -1.88. The molecule has 1 aromatic heterocycles. The monoisotopic (exact) mass is 387 g/mol. The van der Waals surface area contributed by atoms with Crippen molar-refractivity contribution in [3.05, 3.63) is 35.2 Å². The zero-order chi connectivity index (χ0) is 18.8. The molecule has 4 rings (SSSR count). The molecule has 2 aliphatic carbocycles. The molecule has 3 atom stereocenters. The highest BCUT2D eigenvalue weighted by molar-refractivity contribution is 6.33. The fraction of sp³-hybridized carbons (Fsp3) is 0.571. The minimum Gasteiger partial charge on any atom is -0.419 e. The van der Waals surface area contributed by atoms with Crippen molar-refractivity contribution in [1.82, 2.24) is 15.1 Å². The second kappa shape index (κ2) is 8.01. The molecule has 2 aliphatic rings. The van der Waals surface area contributed by atoms with E-state index in [0.29, 0.717) is 47.8 Å². The van der Waals surface area contributed by atoms with Gasteiger partial charge in [0.25, 0.3) is 0 Å². The van der Waals surface area contributed by atoms with Gasteiger partial charge in [-0.1, -0.05) is 37.1 Å². The summed E-state index contributed by atoms with van der Waals surface area (Å²) in [6.45, 7) is 3.16. The minimum absolute atomic E-state index is 0.215. The highest BCUT2D eigenvalue weighted by atomic mass is 35.5. The van der Waals surface area contributed by atoms with Crippen molar-refractivity contribution in [2.24, 2.45) is 17.8 Å². The van der Waals surface area contributed by atoms with Crippen LogP contribution in [0.5, 0.6) is 0 Å². The van der Waals surface area contributed by atoms with Crippen LogP contribution in [-0.4, -0.2) is 27.5 Å². The van der Waals surface area contributed by atoms with Gasteiger partial charge in [-0.3, -0.25) is 4.79 Å². The molecule has 144 valence electrons. The van der Waals surface area contributed by atoms with Gasteiger partial charge in [0.15, 0.2) is 0 Å². The number of nitrogens with zero attached hydrogens (tertiary/aromatic N) is 3. The number of amides is 1. The predicted octanol–water partition coefficient (Wildman–Crippen LogP) is 4.95. The van der Waals surface area contributed by atoms with Gasteiger partial charge in [-0.25, -0.2) is 0 Å². The SMILES string of the molecule is CCCN(Cc1nnc(-c2ccccc2Cl)o1)C(=O)CC1CC2CCC1C2. The lowest BCUT2D eigenvalue weighted by Crippen LogP contribution is -2.33. The fourth-order valence-corrected chi connectivity index (χ4v) is 4.98. The lowest BCUT2D eigenvalue weighted by atomic mass is 9.86. The molecule has 27 heavy (non-hydrogen) atoms. The Morgan fingerprint density at radius 1 is 1.26 bits per heavy atom. The average molecular weight is 388 g/mol. The molecule has 2 bridgehead atoms. The number of fused-ring (bicyclic) bond motifs is 2. The van der Waals surface area contributed by atoms with Crippen LogP contribution in [0.1, 0.15) is 51.3 Å². The molecule has 0 radical (unpaired) electrons. The number of halogens is 1. The highest BCUT2D eigenvalue weighted by Gasteiger charge is 2.40. The highest BCUT2D eigenvalue weighted by Crippen LogP contribution is 2.49. The quantitative estimate of drug-likeness (QED) is 0.674. The van der Waals surface area contributed by atoms with Crippen LogP contribution >= 0.6 is 11.6 Å². The topological polar surface area (TPSA) is 59.2 Å². The van der Waals surface area contributed by atoms with E-state index in [2.05, 4.69) is 17.1 Å². The maximum Gasteiger partial charge on any atom is 0.249 e. The summed E-state index contributed by atoms with van der Waals surface area (Å²) < 4.78 is 5.80. The van der Waals surface area contributed by atoms with Crippen molar-refractivity contribution in [3.63, 3.8) is 0 Å². The molecule has 5 nitrogen and oxygen atoms in total. The third-order valence-electron chi connectivity index (χ3n) is 6.06. The zero-order valence-corrected chi connectivity index (χ0v) is 16.5. The van der Waals surface area contributed by atoms with Crippen molar-refractivity contribution < 1.29 is 9.21 Å². The number of carbonyl (C=O) groups is 1. The van der Waals surface area contributed by atoms with Crippen molar-refractivity contribution in [2.45, 2.75) is 52.0 Å². The van der Waals surface area contributed by atoms with Crippen molar-refractivity contribution >= 4 is 17.5 Å². The van der Waals surface area contributed by atoms with Gasteiger partial charge in [-0.2, -0.15) is 0 Å². The first-order chi connectivity index (χ1) is 13.1. The summed E-state index contributed by atoms with van der Waals surface area (Å²) in [7, 11) is 0. The molecule has 1 aromatic carbocycles. The summed E-state index contributed by atoms with van der Waals surface area (Å²) in [6, 6.07) is 7.39. The Morgan fingerprint density at radius 2 is 2.11 bits per heavy atom. The number of hydrogen-bond donors (Lipinski definition) is 0. The second-order valence-corrected chi connectivity index (χ2v) is 8.34. The van der Waals surface area contributed by atoms with Gasteiger partial charge in [0.05, 0.1) is 17.1 Å². The third kappa shape index (κ3) is 4.03. The number of rotatable bonds is 7. The summed E-state index contributed by atoms with van der Waals surface area (Å²) >= 11 is 6.21. The molecule has 0 spiro atoms. The summed E-state index contributed by atoms with van der Waals surface area (Å²) in [6.07, 6.45) is 6.80. The van der Waals surface area contributed by atoms with Gasteiger partial charge in [0.1, 0.15) is 0 Å². The Morgan fingerprint density at radius 3 is 2.81 bits per heavy atom. The van der Waals surface area contributed by atoms with Crippen LogP contribution in [0.2, 0.25) is 5.02 Å². The maximum atomic E-state index is 12.9. The van der Waals surface area contributed by atoms with E-state index in [1.165, 1.54) is 25.7 Å². The van der Waals surface area contributed by atoms with Gasteiger partial charge < -0.3 is 9.32 Å². The van der Waals surface area contributed by atoms with Crippen molar-refractivity contribution in [1.29, 1.82) is 0 Å². The van der Waals surface area contributed by atoms with E-state index in [0.717, 1.165) is 18.3 Å². The fourth-order valence-electron chi connectivity index (χ4n) is 4.77. The molecule has 0 aliphatic heterocycles. The normalized spacial score (nSPS) is 23.7. The summed E-state index contributed by atoms with van der Waals surface area (Å²) in [4.78, 5) is 14.8. The maximum absolute atomic E-state index is 12.9. The molecule has 0 saturated heterocycles. The molecule has 6 heteroatoms. The second-order valence-electron chi connectivity index (χ2n) is 7.94. The van der Waals surface area contributed by atoms with E-state index >= 15 is 0 Å². The molecular formula is C21H26ClN3O2. The van der Waals surface area contributed by atoms with Gasteiger partial charge in [-0.15, -0.1) is 10.2 Å². The lowest BCUT2D eigenvalue weighted by molar-refractivity contribution is -0.133. The van der Waals surface area contributed by atoms with Gasteiger partial charge >= 0.3 is 0 Å². The van der Waals surface area contributed by atoms with Crippen molar-refractivity contribution in [3.8, 4) is 11.5 Å². The van der Waals surface area contributed by atoms with Crippen LogP contribution in [0, 0.1) is 17.8 Å². The van der Waals surface area contributed by atoms with Crippen LogP contribution < -0.4 is 0 Å². The summed E-state index contributed by atoms with van der Waals surface area (Å²) in [5.74, 6) is 3.26. The van der Waals surface area contributed by atoms with E-state index < -0.39 is 0 Å². The third-order valence-corrected chi connectivity index (χ3v) is 6.39. The minimum atomic E-state index is 0.215. The Balaban J connectivity index is 1.42. The summed E-state index contributed by atoms with van der Waals surface area (Å²) in [5.41, 5.74) is 0.716. The van der Waals surface area contributed by atoms with E-state index in [1.807, 2.05) is 23.1 Å². The van der Waals surface area contributed by atoms with Gasteiger partial charge in [0, 0.05) is 13.0 Å². The molecule has 2 aromatic rings. The van der Waals surface area contributed by atoms with Crippen molar-refractivity contribution in [2.75, 3.05) is 6.54 Å². The predicted molar refractivity (Wildman–Crippen MR) is 104 cm³/mol. The average Bonchev–Trinajstić information content (AvgIpc) is 3.39. The number of benzene rings is 1. The van der Waals surface area contributed by atoms with Crippen LogP contribution in [0.3, 0.4) is 0 Å². The summed E-state index contributed by atoms with van der Waals surface area (Å²) in [5, 5.41) is 8.83. The molecular weight excluding hydrogens is 362 g/mol. The van der Waals surface area contributed by atoms with E-state index in [4.69, 9.17) is 16.0 Å². The first-order valence-electron chi connectivity index (χ1n) is 9.99. The number of hydrogen-bond acceptors (Lipinski definition) is 4. The first-order valence-corrected chi connectivity index (χ1v) is 10.4. The van der Waals surface area contributed by atoms with Crippen LogP contribution in [0.25, 0.3) is 11.5 Å². The van der Waals surface area contributed by atoms with E-state index in [9.17, 15) is 4.79 Å². The zero-order valence-electron chi connectivity index (χ0n) is 15.7. The van der Waals surface area contributed by atoms with Gasteiger partial charge in [-0.05, 0) is 55.6 Å². The first kappa shape index (κ1) is 18.5. The Bertz CT molecular complexity index is 806. The molecule has 1 heterocycles. The smallest absolute Gasteiger partial charge is 0.249 e. The largest absolute Gasteiger partial charge is 0.419 e. The van der Waals surface area contributed by atoms with E-state index in [-0.39, 0.29) is 5.91 Å². The van der Waals surface area contributed by atoms with Gasteiger partial charge in [0.2, 0.25) is 17.7 Å². The number of carbonyl (C=O) groups excluding carboxylic acids is 1. The lowest BCUT2D eigenvalue weighted by Gasteiger charge is -2.26.